The number of thioether (sulfide) groups is 1. The second kappa shape index (κ2) is 6.08. The lowest BCUT2D eigenvalue weighted by molar-refractivity contribution is -0.116. The van der Waals surface area contributed by atoms with Crippen molar-refractivity contribution in [2.75, 3.05) is 10.2 Å². The van der Waals surface area contributed by atoms with Gasteiger partial charge in [0.05, 0.1) is 5.69 Å². The van der Waals surface area contributed by atoms with E-state index in [9.17, 15) is 9.59 Å². The number of aryl methyl sites for hydroxylation is 3. The van der Waals surface area contributed by atoms with E-state index in [1.54, 1.807) is 6.07 Å². The van der Waals surface area contributed by atoms with E-state index in [2.05, 4.69) is 5.32 Å². The number of anilines is 2. The van der Waals surface area contributed by atoms with Crippen LogP contribution >= 0.6 is 11.8 Å². The molecule has 1 atom stereocenters. The molecule has 0 aromatic heterocycles. The summed E-state index contributed by atoms with van der Waals surface area (Å²) in [6.45, 7) is 5.96. The first kappa shape index (κ1) is 15.6. The van der Waals surface area contributed by atoms with Gasteiger partial charge in [-0.2, -0.15) is 0 Å². The number of para-hydroxylation sites is 1. The monoisotopic (exact) mass is 326 g/mol. The zero-order valence-corrected chi connectivity index (χ0v) is 14.1. The Labute approximate surface area is 139 Å². The third-order valence-electron chi connectivity index (χ3n) is 4.01. The summed E-state index contributed by atoms with van der Waals surface area (Å²) in [4.78, 5) is 26.2. The Hall–Kier alpha value is -2.27. The standard InChI is InChI=1S/C18H18N2O2S/c1-11-8-9-14(10-13(11)3)19-16-17(21)20(18(22)23-16)15-7-5-4-6-12(15)2/h4-10,16,19H,1-3H3. The van der Waals surface area contributed by atoms with E-state index >= 15 is 0 Å². The molecule has 1 aliphatic rings. The van der Waals surface area contributed by atoms with Crippen molar-refractivity contribution in [1.82, 2.24) is 0 Å². The Kier molecular flexibility index (Phi) is 4.13. The molecule has 2 aromatic rings. The van der Waals surface area contributed by atoms with Gasteiger partial charge in [-0.1, -0.05) is 24.3 Å². The van der Waals surface area contributed by atoms with Crippen LogP contribution in [0.4, 0.5) is 16.2 Å². The summed E-state index contributed by atoms with van der Waals surface area (Å²) in [5.41, 5.74) is 4.74. The SMILES string of the molecule is Cc1ccc(NC2SC(=O)N(c3ccccc3C)C2=O)cc1C. The molecule has 4 nitrogen and oxygen atoms in total. The highest BCUT2D eigenvalue weighted by atomic mass is 32.2. The van der Waals surface area contributed by atoms with Gasteiger partial charge >= 0.3 is 0 Å². The molecule has 118 valence electrons. The molecule has 2 aromatic carbocycles. The second-order valence-electron chi connectivity index (χ2n) is 5.67. The van der Waals surface area contributed by atoms with Gasteiger partial charge in [-0.3, -0.25) is 9.59 Å². The van der Waals surface area contributed by atoms with Crippen molar-refractivity contribution in [3.63, 3.8) is 0 Å². The van der Waals surface area contributed by atoms with Crippen molar-refractivity contribution in [1.29, 1.82) is 0 Å². The highest BCUT2D eigenvalue weighted by Gasteiger charge is 2.41. The van der Waals surface area contributed by atoms with Gasteiger partial charge in [0.1, 0.15) is 0 Å². The minimum Gasteiger partial charge on any atom is -0.365 e. The number of hydrogen-bond donors (Lipinski definition) is 1. The van der Waals surface area contributed by atoms with Crippen molar-refractivity contribution in [3.05, 3.63) is 59.2 Å². The first-order valence-electron chi connectivity index (χ1n) is 7.41. The molecule has 1 unspecified atom stereocenters. The van der Waals surface area contributed by atoms with Gasteiger partial charge in [-0.25, -0.2) is 4.90 Å². The van der Waals surface area contributed by atoms with Crippen LogP contribution in [0.1, 0.15) is 16.7 Å². The Morgan fingerprint density at radius 3 is 2.39 bits per heavy atom. The predicted octanol–water partition coefficient (Wildman–Crippen LogP) is 4.25. The molecular weight excluding hydrogens is 308 g/mol. The van der Waals surface area contributed by atoms with Crippen LogP contribution in [0.3, 0.4) is 0 Å². The van der Waals surface area contributed by atoms with Crippen molar-refractivity contribution in [2.24, 2.45) is 0 Å². The van der Waals surface area contributed by atoms with Crippen molar-refractivity contribution >= 4 is 34.3 Å². The summed E-state index contributed by atoms with van der Waals surface area (Å²) >= 11 is 1.02. The summed E-state index contributed by atoms with van der Waals surface area (Å²) in [6, 6.07) is 13.3. The Bertz CT molecular complexity index is 788. The lowest BCUT2D eigenvalue weighted by atomic mass is 10.1. The summed E-state index contributed by atoms with van der Waals surface area (Å²) in [7, 11) is 0. The first-order chi connectivity index (χ1) is 11.0. The first-order valence-corrected chi connectivity index (χ1v) is 8.29. The van der Waals surface area contributed by atoms with Crippen LogP contribution in [-0.2, 0) is 4.79 Å². The summed E-state index contributed by atoms with van der Waals surface area (Å²) in [6.07, 6.45) is 0. The van der Waals surface area contributed by atoms with Gasteiger partial charge in [0, 0.05) is 5.69 Å². The van der Waals surface area contributed by atoms with E-state index in [1.165, 1.54) is 10.5 Å². The van der Waals surface area contributed by atoms with Gasteiger partial charge < -0.3 is 5.32 Å². The molecule has 0 radical (unpaired) electrons. The third kappa shape index (κ3) is 2.97. The van der Waals surface area contributed by atoms with Crippen LogP contribution in [0.5, 0.6) is 0 Å². The van der Waals surface area contributed by atoms with Crippen molar-refractivity contribution in [2.45, 2.75) is 26.1 Å². The largest absolute Gasteiger partial charge is 0.365 e. The summed E-state index contributed by atoms with van der Waals surface area (Å²) < 4.78 is 0. The Balaban J connectivity index is 1.84. The fourth-order valence-electron chi connectivity index (χ4n) is 2.52. The number of hydrogen-bond acceptors (Lipinski definition) is 4. The summed E-state index contributed by atoms with van der Waals surface area (Å²) in [5, 5.41) is 2.32. The average molecular weight is 326 g/mol. The number of carbonyl (C=O) groups is 2. The highest BCUT2D eigenvalue weighted by molar-refractivity contribution is 8.16. The average Bonchev–Trinajstić information content (AvgIpc) is 2.78. The molecular formula is C18H18N2O2S. The predicted molar refractivity (Wildman–Crippen MR) is 95.0 cm³/mol. The molecule has 0 spiro atoms. The molecule has 5 heteroatoms. The molecule has 2 amide bonds. The van der Waals surface area contributed by atoms with E-state index in [4.69, 9.17) is 0 Å². The van der Waals surface area contributed by atoms with Crippen LogP contribution in [0.2, 0.25) is 0 Å². The van der Waals surface area contributed by atoms with E-state index in [-0.39, 0.29) is 11.1 Å². The van der Waals surface area contributed by atoms with Gasteiger partial charge in [0.25, 0.3) is 11.1 Å². The van der Waals surface area contributed by atoms with E-state index in [0.717, 1.165) is 28.6 Å². The Morgan fingerprint density at radius 2 is 1.70 bits per heavy atom. The fraction of sp³-hybridized carbons (Fsp3) is 0.222. The van der Waals surface area contributed by atoms with Crippen LogP contribution in [-0.4, -0.2) is 16.5 Å². The Morgan fingerprint density at radius 1 is 0.957 bits per heavy atom. The minimum absolute atomic E-state index is 0.229. The normalized spacial score (nSPS) is 17.7. The minimum atomic E-state index is -0.593. The molecule has 1 aliphatic heterocycles. The number of imide groups is 1. The molecule has 1 saturated heterocycles. The maximum Gasteiger partial charge on any atom is 0.295 e. The molecule has 1 fully saturated rings. The number of carbonyl (C=O) groups excluding carboxylic acids is 2. The van der Waals surface area contributed by atoms with E-state index in [0.29, 0.717) is 5.69 Å². The van der Waals surface area contributed by atoms with Crippen molar-refractivity contribution in [3.8, 4) is 0 Å². The van der Waals surface area contributed by atoms with Crippen LogP contribution < -0.4 is 10.2 Å². The molecule has 0 bridgehead atoms. The molecule has 0 saturated carbocycles. The van der Waals surface area contributed by atoms with Crippen LogP contribution in [0.15, 0.2) is 42.5 Å². The summed E-state index contributed by atoms with van der Waals surface area (Å²) in [5.74, 6) is -0.229. The quantitative estimate of drug-likeness (QED) is 0.916. The van der Waals surface area contributed by atoms with E-state index < -0.39 is 5.37 Å². The van der Waals surface area contributed by atoms with Crippen LogP contribution in [0.25, 0.3) is 0 Å². The molecule has 3 rings (SSSR count). The van der Waals surface area contributed by atoms with Crippen LogP contribution in [0, 0.1) is 20.8 Å². The maximum absolute atomic E-state index is 12.6. The van der Waals surface area contributed by atoms with E-state index in [1.807, 2.05) is 57.2 Å². The van der Waals surface area contributed by atoms with Crippen molar-refractivity contribution < 1.29 is 9.59 Å². The zero-order chi connectivity index (χ0) is 16.6. The number of benzene rings is 2. The zero-order valence-electron chi connectivity index (χ0n) is 13.3. The number of nitrogens with one attached hydrogen (secondary N) is 1. The molecule has 23 heavy (non-hydrogen) atoms. The third-order valence-corrected chi connectivity index (χ3v) is 4.95. The fourth-order valence-corrected chi connectivity index (χ4v) is 3.41. The highest BCUT2D eigenvalue weighted by Crippen LogP contribution is 2.34. The van der Waals surface area contributed by atoms with Gasteiger partial charge in [0.15, 0.2) is 5.37 Å². The topological polar surface area (TPSA) is 49.4 Å². The maximum atomic E-state index is 12.6. The van der Waals surface area contributed by atoms with Gasteiger partial charge in [0.2, 0.25) is 0 Å². The lowest BCUT2D eigenvalue weighted by Crippen LogP contribution is -2.34. The number of amides is 2. The second-order valence-corrected chi connectivity index (χ2v) is 6.72. The lowest BCUT2D eigenvalue weighted by Gasteiger charge is -2.17. The smallest absolute Gasteiger partial charge is 0.295 e. The van der Waals surface area contributed by atoms with Gasteiger partial charge in [-0.05, 0) is 67.4 Å². The molecule has 1 heterocycles. The number of nitrogens with zero attached hydrogens (tertiary/aromatic N) is 1. The van der Waals surface area contributed by atoms with Gasteiger partial charge in [-0.15, -0.1) is 0 Å². The molecule has 1 N–H and O–H groups in total. The molecule has 0 aliphatic carbocycles. The number of rotatable bonds is 3.